The van der Waals surface area contributed by atoms with Crippen molar-refractivity contribution < 1.29 is 4.79 Å². The molecule has 0 saturated carbocycles. The number of carbonyl (C=O) groups is 1. The predicted molar refractivity (Wildman–Crippen MR) is 91.3 cm³/mol. The van der Waals surface area contributed by atoms with E-state index in [0.717, 1.165) is 11.3 Å². The maximum Gasteiger partial charge on any atom is 0.319 e. The van der Waals surface area contributed by atoms with E-state index >= 15 is 0 Å². The van der Waals surface area contributed by atoms with Crippen molar-refractivity contribution in [1.29, 1.82) is 0 Å². The summed E-state index contributed by atoms with van der Waals surface area (Å²) in [5, 5.41) is 6.39. The van der Waals surface area contributed by atoms with E-state index in [1.165, 1.54) is 0 Å². The van der Waals surface area contributed by atoms with Crippen LogP contribution in [0.3, 0.4) is 0 Å². The van der Waals surface area contributed by atoms with Gasteiger partial charge in [-0.2, -0.15) is 0 Å². The fraction of sp³-hybridized carbons (Fsp3) is 0.235. The third kappa shape index (κ3) is 4.48. The van der Waals surface area contributed by atoms with Crippen LogP contribution in [0, 0.1) is 0 Å². The van der Waals surface area contributed by atoms with Crippen LogP contribution in [0.5, 0.6) is 0 Å². The quantitative estimate of drug-likeness (QED) is 0.881. The minimum atomic E-state index is -0.231. The molecule has 0 heterocycles. The molecule has 2 aromatic carbocycles. The van der Waals surface area contributed by atoms with E-state index < -0.39 is 0 Å². The molecule has 0 saturated heterocycles. The molecule has 2 amide bonds. The number of hydrogen-bond donors (Lipinski definition) is 2. The van der Waals surface area contributed by atoms with Gasteiger partial charge in [-0.25, -0.2) is 4.79 Å². The van der Waals surface area contributed by atoms with Gasteiger partial charge in [-0.1, -0.05) is 48.0 Å². The third-order valence-electron chi connectivity index (χ3n) is 3.38. The monoisotopic (exact) mass is 317 g/mol. The summed E-state index contributed by atoms with van der Waals surface area (Å²) in [6, 6.07) is 16.8. The van der Waals surface area contributed by atoms with E-state index in [9.17, 15) is 4.79 Å². The Morgan fingerprint density at radius 2 is 1.73 bits per heavy atom. The van der Waals surface area contributed by atoms with E-state index in [-0.39, 0.29) is 12.1 Å². The first-order chi connectivity index (χ1) is 10.6. The normalized spacial score (nSPS) is 12.0. The number of para-hydroxylation sites is 1. The second-order valence-corrected chi connectivity index (χ2v) is 5.61. The van der Waals surface area contributed by atoms with Crippen molar-refractivity contribution in [2.75, 3.05) is 26.0 Å². The minimum absolute atomic E-state index is 0.00947. The number of nitrogens with one attached hydrogen (secondary N) is 2. The number of carbonyl (C=O) groups excluding carboxylic acids is 1. The van der Waals surface area contributed by atoms with Gasteiger partial charge in [0.25, 0.3) is 0 Å². The second-order valence-electron chi connectivity index (χ2n) is 5.20. The van der Waals surface area contributed by atoms with Crippen molar-refractivity contribution in [3.05, 3.63) is 65.2 Å². The Labute approximate surface area is 136 Å². The summed E-state index contributed by atoms with van der Waals surface area (Å²) in [4.78, 5) is 14.0. The number of nitrogens with zero attached hydrogens (tertiary/aromatic N) is 1. The lowest BCUT2D eigenvalue weighted by Crippen LogP contribution is -2.37. The van der Waals surface area contributed by atoms with Crippen LogP contribution in [0.25, 0.3) is 0 Å². The largest absolute Gasteiger partial charge is 0.336 e. The smallest absolute Gasteiger partial charge is 0.319 e. The summed E-state index contributed by atoms with van der Waals surface area (Å²) in [5.74, 6) is 0. The molecule has 0 radical (unpaired) electrons. The molecular weight excluding hydrogens is 298 g/mol. The summed E-state index contributed by atoms with van der Waals surface area (Å²) in [6.07, 6.45) is 0. The van der Waals surface area contributed by atoms with Crippen molar-refractivity contribution >= 4 is 23.3 Å². The number of likely N-dealkylation sites (N-methyl/N-ethyl adjacent to an activating group) is 1. The topological polar surface area (TPSA) is 44.4 Å². The van der Waals surface area contributed by atoms with Crippen molar-refractivity contribution in [1.82, 2.24) is 10.2 Å². The minimum Gasteiger partial charge on any atom is -0.336 e. The van der Waals surface area contributed by atoms with Crippen molar-refractivity contribution in [2.45, 2.75) is 6.04 Å². The Morgan fingerprint density at radius 1 is 1.09 bits per heavy atom. The zero-order valence-corrected chi connectivity index (χ0v) is 13.5. The number of hydrogen-bond acceptors (Lipinski definition) is 2. The number of rotatable bonds is 5. The van der Waals surface area contributed by atoms with Crippen LogP contribution in [0.1, 0.15) is 11.6 Å². The lowest BCUT2D eigenvalue weighted by Gasteiger charge is -2.26. The van der Waals surface area contributed by atoms with Crippen LogP contribution in [-0.4, -0.2) is 31.6 Å². The fourth-order valence-corrected chi connectivity index (χ4v) is 2.46. The molecule has 5 heteroatoms. The highest BCUT2D eigenvalue weighted by atomic mass is 35.5. The highest BCUT2D eigenvalue weighted by Crippen LogP contribution is 2.25. The van der Waals surface area contributed by atoms with Crippen LogP contribution in [0.4, 0.5) is 10.5 Å². The zero-order valence-electron chi connectivity index (χ0n) is 12.7. The molecule has 0 aromatic heterocycles. The number of benzene rings is 2. The van der Waals surface area contributed by atoms with Gasteiger partial charge in [-0.3, -0.25) is 0 Å². The Hall–Kier alpha value is -2.04. The first-order valence-corrected chi connectivity index (χ1v) is 7.46. The molecule has 1 unspecified atom stereocenters. The first-order valence-electron chi connectivity index (χ1n) is 7.08. The lowest BCUT2D eigenvalue weighted by molar-refractivity contribution is 0.243. The van der Waals surface area contributed by atoms with Gasteiger partial charge < -0.3 is 15.5 Å². The molecule has 2 N–H and O–H groups in total. The van der Waals surface area contributed by atoms with Gasteiger partial charge in [-0.15, -0.1) is 0 Å². The molecular formula is C17H20ClN3O. The summed E-state index contributed by atoms with van der Waals surface area (Å²) in [7, 11) is 3.93. The van der Waals surface area contributed by atoms with Crippen molar-refractivity contribution in [3.8, 4) is 0 Å². The van der Waals surface area contributed by atoms with Gasteiger partial charge in [0.15, 0.2) is 0 Å². The number of amides is 2. The van der Waals surface area contributed by atoms with Gasteiger partial charge in [-0.05, 0) is 37.9 Å². The van der Waals surface area contributed by atoms with Gasteiger partial charge in [0.1, 0.15) is 0 Å². The molecule has 0 aliphatic heterocycles. The summed E-state index contributed by atoms with van der Waals surface area (Å²) < 4.78 is 0. The maximum absolute atomic E-state index is 12.0. The summed E-state index contributed by atoms with van der Waals surface area (Å²) in [6.45, 7) is 0.468. The molecule has 2 rings (SSSR count). The standard InChI is InChI=1S/C17H20ClN3O/c1-21(2)16(14-10-6-7-11-15(14)18)12-19-17(22)20-13-8-4-3-5-9-13/h3-11,16H,12H2,1-2H3,(H2,19,20,22). The average Bonchev–Trinajstić information content (AvgIpc) is 2.50. The SMILES string of the molecule is CN(C)C(CNC(=O)Nc1ccccc1)c1ccccc1Cl. The maximum atomic E-state index is 12.0. The molecule has 1 atom stereocenters. The number of halogens is 1. The molecule has 0 aliphatic rings. The number of urea groups is 1. The molecule has 22 heavy (non-hydrogen) atoms. The summed E-state index contributed by atoms with van der Waals surface area (Å²) >= 11 is 6.25. The average molecular weight is 318 g/mol. The highest BCUT2D eigenvalue weighted by Gasteiger charge is 2.17. The van der Waals surface area contributed by atoms with E-state index in [1.807, 2.05) is 73.6 Å². The molecule has 0 bridgehead atoms. The van der Waals surface area contributed by atoms with E-state index in [0.29, 0.717) is 11.6 Å². The van der Waals surface area contributed by atoms with E-state index in [2.05, 4.69) is 10.6 Å². The Kier molecular flexibility index (Phi) is 5.81. The molecule has 0 fully saturated rings. The second kappa shape index (κ2) is 7.82. The van der Waals surface area contributed by atoms with Crippen LogP contribution in [0.15, 0.2) is 54.6 Å². The van der Waals surface area contributed by atoms with Crippen molar-refractivity contribution in [2.24, 2.45) is 0 Å². The molecule has 0 spiro atoms. The third-order valence-corrected chi connectivity index (χ3v) is 3.72. The first kappa shape index (κ1) is 16.3. The Morgan fingerprint density at radius 3 is 2.36 bits per heavy atom. The van der Waals surface area contributed by atoms with Crippen LogP contribution in [-0.2, 0) is 0 Å². The zero-order chi connectivity index (χ0) is 15.9. The Balaban J connectivity index is 1.98. The predicted octanol–water partition coefficient (Wildman–Crippen LogP) is 3.76. The Bertz CT molecular complexity index is 616. The molecule has 116 valence electrons. The van der Waals surface area contributed by atoms with Crippen LogP contribution in [0.2, 0.25) is 5.02 Å². The van der Waals surface area contributed by atoms with Crippen LogP contribution >= 0.6 is 11.6 Å². The fourth-order valence-electron chi connectivity index (χ4n) is 2.20. The van der Waals surface area contributed by atoms with Gasteiger partial charge in [0.05, 0.1) is 6.04 Å². The highest BCUT2D eigenvalue weighted by molar-refractivity contribution is 6.31. The molecule has 0 aliphatic carbocycles. The van der Waals surface area contributed by atoms with Crippen molar-refractivity contribution in [3.63, 3.8) is 0 Å². The van der Waals surface area contributed by atoms with Gasteiger partial charge in [0, 0.05) is 17.3 Å². The van der Waals surface area contributed by atoms with Gasteiger partial charge in [0.2, 0.25) is 0 Å². The lowest BCUT2D eigenvalue weighted by atomic mass is 10.1. The summed E-state index contributed by atoms with van der Waals surface area (Å²) in [5.41, 5.74) is 1.76. The van der Waals surface area contributed by atoms with Gasteiger partial charge >= 0.3 is 6.03 Å². The van der Waals surface area contributed by atoms with E-state index in [4.69, 9.17) is 11.6 Å². The van der Waals surface area contributed by atoms with Crippen LogP contribution < -0.4 is 10.6 Å². The number of anilines is 1. The van der Waals surface area contributed by atoms with E-state index in [1.54, 1.807) is 0 Å². The molecule has 4 nitrogen and oxygen atoms in total. The molecule has 2 aromatic rings.